The highest BCUT2D eigenvalue weighted by molar-refractivity contribution is 5.55. The van der Waals surface area contributed by atoms with Crippen LogP contribution in [0.2, 0.25) is 0 Å². The minimum absolute atomic E-state index is 0.0626. The van der Waals surface area contributed by atoms with E-state index in [-0.39, 0.29) is 6.61 Å². The summed E-state index contributed by atoms with van der Waals surface area (Å²) >= 11 is 0. The van der Waals surface area contributed by atoms with E-state index in [9.17, 15) is 0 Å². The monoisotopic (exact) mass is 310 g/mol. The summed E-state index contributed by atoms with van der Waals surface area (Å²) in [5.74, 6) is 2.06. The average molecular weight is 310 g/mol. The molecule has 0 amide bonds. The van der Waals surface area contributed by atoms with E-state index < -0.39 is 0 Å². The van der Waals surface area contributed by atoms with Gasteiger partial charge in [0.2, 0.25) is 5.89 Å². The Morgan fingerprint density at radius 3 is 2.65 bits per heavy atom. The lowest BCUT2D eigenvalue weighted by atomic mass is 10.2. The first-order valence-electron chi connectivity index (χ1n) is 7.46. The van der Waals surface area contributed by atoms with Gasteiger partial charge in [0.05, 0.1) is 11.4 Å². The standard InChI is InChI=1S/C18H18N2O3/c1-13-17(9-11-21)20-18(23-13)14-5-7-16(8-6-14)22-12-15-4-2-3-10-19-15/h2-8,10,21H,9,11-12H2,1H3. The van der Waals surface area contributed by atoms with E-state index in [4.69, 9.17) is 14.3 Å². The van der Waals surface area contributed by atoms with Gasteiger partial charge >= 0.3 is 0 Å². The lowest BCUT2D eigenvalue weighted by Crippen LogP contribution is -1.97. The first-order chi connectivity index (χ1) is 11.3. The number of aliphatic hydroxyl groups is 1. The minimum Gasteiger partial charge on any atom is -0.487 e. The van der Waals surface area contributed by atoms with Crippen LogP contribution < -0.4 is 4.74 Å². The third-order valence-electron chi connectivity index (χ3n) is 3.46. The number of nitrogens with zero attached hydrogens (tertiary/aromatic N) is 2. The predicted octanol–water partition coefficient (Wildman–Crippen LogP) is 3.16. The SMILES string of the molecule is Cc1oc(-c2ccc(OCc3ccccn3)cc2)nc1CCO. The van der Waals surface area contributed by atoms with Gasteiger partial charge in [-0.25, -0.2) is 4.98 Å². The Morgan fingerprint density at radius 2 is 1.96 bits per heavy atom. The molecule has 0 saturated carbocycles. The molecular formula is C18H18N2O3. The zero-order valence-corrected chi connectivity index (χ0v) is 12.9. The molecule has 0 aliphatic rings. The molecule has 0 bridgehead atoms. The van der Waals surface area contributed by atoms with Gasteiger partial charge in [0, 0.05) is 24.8 Å². The van der Waals surface area contributed by atoms with Crippen molar-refractivity contribution < 1.29 is 14.3 Å². The second kappa shape index (κ2) is 7.07. The molecule has 0 spiro atoms. The molecule has 0 radical (unpaired) electrons. The smallest absolute Gasteiger partial charge is 0.226 e. The van der Waals surface area contributed by atoms with Crippen LogP contribution in [-0.4, -0.2) is 21.7 Å². The van der Waals surface area contributed by atoms with Crippen molar-refractivity contribution in [2.45, 2.75) is 20.0 Å². The second-order valence-electron chi connectivity index (χ2n) is 5.13. The molecule has 3 rings (SSSR count). The highest BCUT2D eigenvalue weighted by atomic mass is 16.5. The molecule has 0 fully saturated rings. The van der Waals surface area contributed by atoms with Crippen molar-refractivity contribution >= 4 is 0 Å². The van der Waals surface area contributed by atoms with Crippen LogP contribution in [0, 0.1) is 6.92 Å². The molecule has 0 unspecified atom stereocenters. The predicted molar refractivity (Wildman–Crippen MR) is 86.0 cm³/mol. The number of rotatable bonds is 6. The number of hydrogen-bond acceptors (Lipinski definition) is 5. The molecule has 0 atom stereocenters. The number of benzene rings is 1. The molecule has 1 aromatic carbocycles. The molecule has 2 aromatic heterocycles. The molecule has 0 saturated heterocycles. The van der Waals surface area contributed by atoms with Crippen molar-refractivity contribution in [2.75, 3.05) is 6.61 Å². The van der Waals surface area contributed by atoms with Crippen molar-refractivity contribution in [2.24, 2.45) is 0 Å². The highest BCUT2D eigenvalue weighted by Crippen LogP contribution is 2.24. The van der Waals surface area contributed by atoms with Crippen molar-refractivity contribution in [3.8, 4) is 17.2 Å². The Balaban J connectivity index is 1.68. The van der Waals surface area contributed by atoms with Crippen LogP contribution in [0.25, 0.3) is 11.5 Å². The topological polar surface area (TPSA) is 68.4 Å². The zero-order chi connectivity index (χ0) is 16.1. The fourth-order valence-corrected chi connectivity index (χ4v) is 2.22. The van der Waals surface area contributed by atoms with Crippen LogP contribution in [0.5, 0.6) is 5.75 Å². The Bertz CT molecular complexity index is 752. The van der Waals surface area contributed by atoms with Gasteiger partial charge in [-0.1, -0.05) is 6.07 Å². The van der Waals surface area contributed by atoms with E-state index >= 15 is 0 Å². The number of aromatic nitrogens is 2. The van der Waals surface area contributed by atoms with E-state index in [1.54, 1.807) is 6.20 Å². The summed E-state index contributed by atoms with van der Waals surface area (Å²) in [6.45, 7) is 2.35. The number of hydrogen-bond donors (Lipinski definition) is 1. The van der Waals surface area contributed by atoms with Gasteiger partial charge < -0.3 is 14.3 Å². The fourth-order valence-electron chi connectivity index (χ4n) is 2.22. The first kappa shape index (κ1) is 15.2. The molecule has 5 nitrogen and oxygen atoms in total. The third-order valence-corrected chi connectivity index (χ3v) is 3.46. The van der Waals surface area contributed by atoms with E-state index in [0.29, 0.717) is 18.9 Å². The molecule has 5 heteroatoms. The fraction of sp³-hybridized carbons (Fsp3) is 0.222. The number of oxazole rings is 1. The Hall–Kier alpha value is -2.66. The minimum atomic E-state index is 0.0626. The molecule has 0 aliphatic heterocycles. The van der Waals surface area contributed by atoms with Gasteiger partial charge in [0.15, 0.2) is 0 Å². The summed E-state index contributed by atoms with van der Waals surface area (Å²) in [4.78, 5) is 8.63. The van der Waals surface area contributed by atoms with Gasteiger partial charge in [-0.05, 0) is 43.3 Å². The van der Waals surface area contributed by atoms with Crippen LogP contribution >= 0.6 is 0 Å². The number of aryl methyl sites for hydroxylation is 1. The van der Waals surface area contributed by atoms with Crippen molar-refractivity contribution in [3.05, 3.63) is 65.8 Å². The normalized spacial score (nSPS) is 10.7. The van der Waals surface area contributed by atoms with Crippen LogP contribution in [-0.2, 0) is 13.0 Å². The Kier molecular flexibility index (Phi) is 4.68. The van der Waals surface area contributed by atoms with E-state index in [0.717, 1.165) is 28.5 Å². The van der Waals surface area contributed by atoms with Gasteiger partial charge in [0.25, 0.3) is 0 Å². The van der Waals surface area contributed by atoms with Gasteiger partial charge in [0.1, 0.15) is 18.1 Å². The van der Waals surface area contributed by atoms with Crippen LogP contribution in [0.1, 0.15) is 17.1 Å². The molecular weight excluding hydrogens is 292 g/mol. The first-order valence-corrected chi connectivity index (χ1v) is 7.46. The summed E-state index contributed by atoms with van der Waals surface area (Å²) in [5.41, 5.74) is 2.55. The largest absolute Gasteiger partial charge is 0.487 e. The Labute approximate surface area is 134 Å². The third kappa shape index (κ3) is 3.76. The summed E-state index contributed by atoms with van der Waals surface area (Å²) in [7, 11) is 0. The number of pyridine rings is 1. The van der Waals surface area contributed by atoms with Crippen molar-refractivity contribution in [3.63, 3.8) is 0 Å². The van der Waals surface area contributed by atoms with E-state index in [1.165, 1.54) is 0 Å². The zero-order valence-electron chi connectivity index (χ0n) is 12.9. The lowest BCUT2D eigenvalue weighted by Gasteiger charge is -2.05. The van der Waals surface area contributed by atoms with Gasteiger partial charge in [-0.3, -0.25) is 4.98 Å². The lowest BCUT2D eigenvalue weighted by molar-refractivity contribution is 0.297. The molecule has 23 heavy (non-hydrogen) atoms. The maximum Gasteiger partial charge on any atom is 0.226 e. The average Bonchev–Trinajstić information content (AvgIpc) is 2.96. The summed E-state index contributed by atoms with van der Waals surface area (Å²) < 4.78 is 11.4. The van der Waals surface area contributed by atoms with Crippen LogP contribution in [0.4, 0.5) is 0 Å². The van der Waals surface area contributed by atoms with E-state index in [2.05, 4.69) is 9.97 Å². The van der Waals surface area contributed by atoms with E-state index in [1.807, 2.05) is 49.4 Å². The summed E-state index contributed by atoms with van der Waals surface area (Å²) in [6, 6.07) is 13.3. The van der Waals surface area contributed by atoms with Crippen molar-refractivity contribution in [1.82, 2.24) is 9.97 Å². The van der Waals surface area contributed by atoms with Gasteiger partial charge in [-0.15, -0.1) is 0 Å². The summed E-state index contributed by atoms with van der Waals surface area (Å²) in [6.07, 6.45) is 2.25. The molecule has 3 aromatic rings. The Morgan fingerprint density at radius 1 is 1.13 bits per heavy atom. The second-order valence-corrected chi connectivity index (χ2v) is 5.13. The van der Waals surface area contributed by atoms with Crippen LogP contribution in [0.3, 0.4) is 0 Å². The quantitative estimate of drug-likeness (QED) is 0.757. The van der Waals surface area contributed by atoms with Crippen molar-refractivity contribution in [1.29, 1.82) is 0 Å². The molecule has 1 N–H and O–H groups in total. The molecule has 2 heterocycles. The van der Waals surface area contributed by atoms with Gasteiger partial charge in [-0.2, -0.15) is 0 Å². The summed E-state index contributed by atoms with van der Waals surface area (Å²) in [5, 5.41) is 9.01. The number of aliphatic hydroxyl groups excluding tert-OH is 1. The maximum atomic E-state index is 9.01. The molecule has 0 aliphatic carbocycles. The number of ether oxygens (including phenoxy) is 1. The van der Waals surface area contributed by atoms with Crippen LogP contribution in [0.15, 0.2) is 53.1 Å². The highest BCUT2D eigenvalue weighted by Gasteiger charge is 2.11. The molecule has 118 valence electrons. The maximum absolute atomic E-state index is 9.01.